The molecule has 0 aliphatic carbocycles. The number of piperazine rings is 1. The Kier molecular flexibility index (Phi) is 6.46. The lowest BCUT2D eigenvalue weighted by Crippen LogP contribution is -2.48. The van der Waals surface area contributed by atoms with E-state index >= 15 is 0 Å². The topological polar surface area (TPSA) is 35.6 Å². The number of nitrogens with zero attached hydrogens (tertiary/aromatic N) is 2. The zero-order valence-electron chi connectivity index (χ0n) is 17.5. The molecule has 1 heterocycles. The molecule has 7 heteroatoms. The van der Waals surface area contributed by atoms with Gasteiger partial charge >= 0.3 is 6.18 Å². The Labute approximate surface area is 185 Å². The number of hydrogen-bond acceptors (Lipinski definition) is 3. The second-order valence-corrected chi connectivity index (χ2v) is 7.77. The fourth-order valence-corrected chi connectivity index (χ4v) is 3.90. The number of anilines is 2. The van der Waals surface area contributed by atoms with Crippen molar-refractivity contribution in [2.24, 2.45) is 0 Å². The third kappa shape index (κ3) is 5.29. The van der Waals surface area contributed by atoms with Gasteiger partial charge in [-0.05, 0) is 29.8 Å². The largest absolute Gasteiger partial charge is 0.416 e. The number of para-hydroxylation sites is 1. The van der Waals surface area contributed by atoms with Crippen molar-refractivity contribution in [3.8, 4) is 11.1 Å². The molecule has 166 valence electrons. The molecule has 4 rings (SSSR count). The number of nitrogens with one attached hydrogen (secondary N) is 1. The van der Waals surface area contributed by atoms with Crippen molar-refractivity contribution in [1.82, 2.24) is 4.90 Å². The van der Waals surface area contributed by atoms with Gasteiger partial charge in [0.25, 0.3) is 0 Å². The van der Waals surface area contributed by atoms with E-state index in [9.17, 15) is 18.0 Å². The van der Waals surface area contributed by atoms with Gasteiger partial charge in [-0.1, -0.05) is 54.6 Å². The minimum absolute atomic E-state index is 0.110. The van der Waals surface area contributed by atoms with E-state index in [0.717, 1.165) is 22.9 Å². The van der Waals surface area contributed by atoms with Crippen molar-refractivity contribution in [2.75, 3.05) is 42.9 Å². The van der Waals surface area contributed by atoms with Gasteiger partial charge in [-0.25, -0.2) is 0 Å². The Morgan fingerprint density at radius 2 is 1.53 bits per heavy atom. The quantitative estimate of drug-likeness (QED) is 0.599. The summed E-state index contributed by atoms with van der Waals surface area (Å²) >= 11 is 0. The molecule has 0 aromatic heterocycles. The number of amides is 1. The Hall–Kier alpha value is -3.32. The van der Waals surface area contributed by atoms with E-state index in [-0.39, 0.29) is 12.5 Å². The number of benzene rings is 3. The van der Waals surface area contributed by atoms with Crippen LogP contribution in [0, 0.1) is 0 Å². The summed E-state index contributed by atoms with van der Waals surface area (Å²) in [6, 6.07) is 22.9. The molecule has 1 aliphatic rings. The maximum atomic E-state index is 13.0. The van der Waals surface area contributed by atoms with Gasteiger partial charge in [0, 0.05) is 43.1 Å². The molecule has 1 N–H and O–H groups in total. The first-order valence-electron chi connectivity index (χ1n) is 10.5. The molecule has 0 radical (unpaired) electrons. The molecule has 3 aromatic carbocycles. The molecule has 1 fully saturated rings. The summed E-state index contributed by atoms with van der Waals surface area (Å²) in [6.07, 6.45) is -4.36. The monoisotopic (exact) mass is 439 g/mol. The summed E-state index contributed by atoms with van der Waals surface area (Å²) in [7, 11) is 0. The van der Waals surface area contributed by atoms with Gasteiger partial charge in [0.2, 0.25) is 5.91 Å². The van der Waals surface area contributed by atoms with Crippen LogP contribution < -0.4 is 10.2 Å². The van der Waals surface area contributed by atoms with Crippen LogP contribution in [0.15, 0.2) is 78.9 Å². The van der Waals surface area contributed by atoms with Crippen LogP contribution in [0.2, 0.25) is 0 Å². The number of carbonyl (C=O) groups is 1. The molecule has 4 nitrogen and oxygen atoms in total. The van der Waals surface area contributed by atoms with Crippen LogP contribution in [-0.2, 0) is 11.0 Å². The number of halogens is 3. The molecule has 1 saturated heterocycles. The first-order valence-corrected chi connectivity index (χ1v) is 10.5. The first-order chi connectivity index (χ1) is 15.4. The fourth-order valence-electron chi connectivity index (χ4n) is 3.90. The lowest BCUT2D eigenvalue weighted by Gasteiger charge is -2.36. The standard InChI is InChI=1S/C25H24F3N3O/c26-25(27,28)20-9-6-10-21(17-20)31-15-13-30(14-16-31)18-24(32)29-23-12-5-4-11-22(23)19-7-2-1-3-8-19/h1-12,17H,13-16,18H2,(H,29,32). The smallest absolute Gasteiger partial charge is 0.369 e. The van der Waals surface area contributed by atoms with Gasteiger partial charge in [0.05, 0.1) is 12.1 Å². The highest BCUT2D eigenvalue weighted by Crippen LogP contribution is 2.32. The van der Waals surface area contributed by atoms with E-state index < -0.39 is 11.7 Å². The molecule has 0 unspecified atom stereocenters. The second-order valence-electron chi connectivity index (χ2n) is 7.77. The molecule has 0 bridgehead atoms. The molecular formula is C25H24F3N3O. The highest BCUT2D eigenvalue weighted by molar-refractivity contribution is 5.96. The van der Waals surface area contributed by atoms with Gasteiger partial charge in [-0.2, -0.15) is 13.2 Å². The Morgan fingerprint density at radius 1 is 0.844 bits per heavy atom. The molecule has 0 spiro atoms. The maximum absolute atomic E-state index is 13.0. The van der Waals surface area contributed by atoms with Crippen LogP contribution in [0.1, 0.15) is 5.56 Å². The minimum atomic E-state index is -4.36. The average Bonchev–Trinajstić information content (AvgIpc) is 2.80. The normalized spacial score (nSPS) is 14.9. The zero-order valence-corrected chi connectivity index (χ0v) is 17.5. The lowest BCUT2D eigenvalue weighted by atomic mass is 10.0. The van der Waals surface area contributed by atoms with Gasteiger partial charge in [-0.15, -0.1) is 0 Å². The van der Waals surface area contributed by atoms with E-state index in [1.165, 1.54) is 12.1 Å². The van der Waals surface area contributed by atoms with E-state index in [1.54, 1.807) is 6.07 Å². The van der Waals surface area contributed by atoms with Gasteiger partial charge in [-0.3, -0.25) is 9.69 Å². The van der Waals surface area contributed by atoms with Crippen molar-refractivity contribution in [3.05, 3.63) is 84.4 Å². The molecular weight excluding hydrogens is 415 g/mol. The van der Waals surface area contributed by atoms with Crippen LogP contribution >= 0.6 is 0 Å². The minimum Gasteiger partial charge on any atom is -0.369 e. The summed E-state index contributed by atoms with van der Waals surface area (Å²) in [4.78, 5) is 16.6. The number of carbonyl (C=O) groups excluding carboxylic acids is 1. The molecule has 1 amide bonds. The zero-order chi connectivity index (χ0) is 22.6. The van der Waals surface area contributed by atoms with Crippen molar-refractivity contribution in [3.63, 3.8) is 0 Å². The fraction of sp³-hybridized carbons (Fsp3) is 0.240. The van der Waals surface area contributed by atoms with Gasteiger partial charge < -0.3 is 10.2 Å². The maximum Gasteiger partial charge on any atom is 0.416 e. The Morgan fingerprint density at radius 3 is 2.25 bits per heavy atom. The van der Waals surface area contributed by atoms with Crippen molar-refractivity contribution in [2.45, 2.75) is 6.18 Å². The van der Waals surface area contributed by atoms with Gasteiger partial charge in [0.1, 0.15) is 0 Å². The predicted molar refractivity (Wildman–Crippen MR) is 121 cm³/mol. The second kappa shape index (κ2) is 9.44. The Bertz CT molecular complexity index is 1060. The highest BCUT2D eigenvalue weighted by Gasteiger charge is 2.31. The summed E-state index contributed by atoms with van der Waals surface area (Å²) in [5.41, 5.74) is 2.65. The van der Waals surface area contributed by atoms with E-state index in [2.05, 4.69) is 5.32 Å². The Balaban J connectivity index is 1.34. The van der Waals surface area contributed by atoms with Crippen LogP contribution in [0.4, 0.5) is 24.5 Å². The summed E-state index contributed by atoms with van der Waals surface area (Å²) in [6.45, 7) is 2.57. The van der Waals surface area contributed by atoms with E-state index in [0.29, 0.717) is 31.9 Å². The van der Waals surface area contributed by atoms with E-state index in [4.69, 9.17) is 0 Å². The number of alkyl halides is 3. The molecule has 0 atom stereocenters. The van der Waals surface area contributed by atoms with Crippen molar-refractivity contribution < 1.29 is 18.0 Å². The summed E-state index contributed by atoms with van der Waals surface area (Å²) in [5, 5.41) is 3.00. The SMILES string of the molecule is O=C(CN1CCN(c2cccc(C(F)(F)F)c2)CC1)Nc1ccccc1-c1ccccc1. The number of rotatable bonds is 5. The third-order valence-corrected chi connectivity index (χ3v) is 5.56. The lowest BCUT2D eigenvalue weighted by molar-refractivity contribution is -0.137. The van der Waals surface area contributed by atoms with Crippen molar-refractivity contribution >= 4 is 17.3 Å². The predicted octanol–water partition coefficient (Wildman–Crippen LogP) is 5.13. The van der Waals surface area contributed by atoms with Crippen molar-refractivity contribution in [1.29, 1.82) is 0 Å². The third-order valence-electron chi connectivity index (χ3n) is 5.56. The molecule has 3 aromatic rings. The molecule has 1 aliphatic heterocycles. The number of hydrogen-bond donors (Lipinski definition) is 1. The highest BCUT2D eigenvalue weighted by atomic mass is 19.4. The first kappa shape index (κ1) is 21.9. The van der Waals surface area contributed by atoms with Crippen LogP contribution in [-0.4, -0.2) is 43.5 Å². The van der Waals surface area contributed by atoms with E-state index in [1.807, 2.05) is 64.4 Å². The van der Waals surface area contributed by atoms with Crippen LogP contribution in [0.5, 0.6) is 0 Å². The molecule has 0 saturated carbocycles. The average molecular weight is 439 g/mol. The summed E-state index contributed by atoms with van der Waals surface area (Å²) in [5.74, 6) is -0.110. The van der Waals surface area contributed by atoms with Crippen LogP contribution in [0.3, 0.4) is 0 Å². The molecule has 32 heavy (non-hydrogen) atoms. The van der Waals surface area contributed by atoms with Crippen LogP contribution in [0.25, 0.3) is 11.1 Å². The van der Waals surface area contributed by atoms with Gasteiger partial charge in [0.15, 0.2) is 0 Å². The summed E-state index contributed by atoms with van der Waals surface area (Å²) < 4.78 is 39.0.